The summed E-state index contributed by atoms with van der Waals surface area (Å²) in [7, 11) is 1.49. The second kappa shape index (κ2) is 11.3. The summed E-state index contributed by atoms with van der Waals surface area (Å²) < 4.78 is 7.98. The van der Waals surface area contributed by atoms with Crippen LogP contribution < -0.4 is 4.74 Å². The van der Waals surface area contributed by atoms with Crippen LogP contribution in [0, 0.1) is 10.1 Å². The van der Waals surface area contributed by atoms with Crippen LogP contribution in [0.5, 0.6) is 5.75 Å². The lowest BCUT2D eigenvalue weighted by Crippen LogP contribution is -2.13. The number of halogens is 1. The van der Waals surface area contributed by atoms with Crippen LogP contribution >= 0.6 is 15.9 Å². The molecule has 0 unspecified atom stereocenters. The number of methoxy groups -OCH3 is 1. The van der Waals surface area contributed by atoms with Gasteiger partial charge in [0.15, 0.2) is 11.9 Å². The molecule has 0 saturated heterocycles. The van der Waals surface area contributed by atoms with Crippen LogP contribution in [-0.2, 0) is 6.42 Å². The molecule has 0 aromatic heterocycles. The molecule has 2 aromatic carbocycles. The highest BCUT2D eigenvalue weighted by Crippen LogP contribution is 2.31. The molecule has 144 valence electrons. The zero-order valence-electron chi connectivity index (χ0n) is 16.4. The maximum absolute atomic E-state index is 11.5. The third-order valence-corrected chi connectivity index (χ3v) is 4.25. The highest BCUT2D eigenvalue weighted by molar-refractivity contribution is 9.10. The number of rotatable bonds is 6. The molecule has 0 heterocycles. The van der Waals surface area contributed by atoms with Crippen LogP contribution in [0.25, 0.3) is 0 Å². The number of nitrogens with zero attached hydrogens (tertiary/aromatic N) is 2. The SMILES string of the molecule is C/C=C\[N+](=C(C)Cc1ccc(Br)cc1)c1ccc(OC)cc1[N+](=O)[O-].CC. The molecule has 0 N–H and O–H groups in total. The minimum atomic E-state index is -0.388. The van der Waals surface area contributed by atoms with E-state index >= 15 is 0 Å². The molecule has 5 nitrogen and oxygen atoms in total. The number of nitro groups is 1. The van der Waals surface area contributed by atoms with E-state index in [4.69, 9.17) is 4.74 Å². The maximum Gasteiger partial charge on any atom is 0.344 e. The van der Waals surface area contributed by atoms with Crippen molar-refractivity contribution in [2.45, 2.75) is 34.1 Å². The quantitative estimate of drug-likeness (QED) is 0.233. The zero-order valence-corrected chi connectivity index (χ0v) is 18.0. The Morgan fingerprint density at radius 2 is 1.78 bits per heavy atom. The summed E-state index contributed by atoms with van der Waals surface area (Å²) in [5.74, 6) is 0.460. The van der Waals surface area contributed by atoms with E-state index < -0.39 is 0 Å². The monoisotopic (exact) mass is 433 g/mol. The molecule has 2 rings (SSSR count). The number of hydrogen-bond donors (Lipinski definition) is 0. The van der Waals surface area contributed by atoms with Gasteiger partial charge >= 0.3 is 5.69 Å². The summed E-state index contributed by atoms with van der Waals surface area (Å²) in [6, 6.07) is 12.9. The van der Waals surface area contributed by atoms with Crippen molar-refractivity contribution in [1.82, 2.24) is 0 Å². The molecule has 27 heavy (non-hydrogen) atoms. The summed E-state index contributed by atoms with van der Waals surface area (Å²) >= 11 is 3.43. The Bertz CT molecular complexity index is 828. The van der Waals surface area contributed by atoms with Gasteiger partial charge in [-0.15, -0.1) is 0 Å². The molecule has 0 radical (unpaired) electrons. The van der Waals surface area contributed by atoms with Gasteiger partial charge in [0.2, 0.25) is 0 Å². The van der Waals surface area contributed by atoms with Gasteiger partial charge in [0, 0.05) is 17.5 Å². The predicted molar refractivity (Wildman–Crippen MR) is 114 cm³/mol. The predicted octanol–water partition coefficient (Wildman–Crippen LogP) is 6.27. The average molecular weight is 434 g/mol. The lowest BCUT2D eigenvalue weighted by Gasteiger charge is -2.06. The molecule has 0 aliphatic rings. The molecule has 2 aromatic rings. The molecule has 0 atom stereocenters. The molecule has 0 bridgehead atoms. The molecular weight excluding hydrogens is 408 g/mol. The molecular formula is C21H26BrN2O3+. The highest BCUT2D eigenvalue weighted by Gasteiger charge is 2.25. The molecule has 0 fully saturated rings. The summed E-state index contributed by atoms with van der Waals surface area (Å²) in [4.78, 5) is 11.1. The Hall–Kier alpha value is -2.47. The van der Waals surface area contributed by atoms with Gasteiger partial charge in [-0.05, 0) is 36.8 Å². The fourth-order valence-electron chi connectivity index (χ4n) is 2.53. The molecule has 0 saturated carbocycles. The van der Waals surface area contributed by atoms with E-state index in [1.54, 1.807) is 12.1 Å². The summed E-state index contributed by atoms with van der Waals surface area (Å²) in [6.07, 6.45) is 4.38. The standard InChI is InChI=1S/C19H20BrN2O3.C2H6/c1-4-11-21(14(2)12-15-5-7-16(20)8-6-15)18-10-9-17(25-3)13-19(18)22(23)24;1-2/h4-11,13H,12H2,1-3H3;1-2H3/q+1;/b11-4-,21-14?;. The van der Waals surface area contributed by atoms with E-state index in [1.165, 1.54) is 13.2 Å². The van der Waals surface area contributed by atoms with Crippen LogP contribution in [0.1, 0.15) is 33.3 Å². The van der Waals surface area contributed by atoms with E-state index in [9.17, 15) is 10.1 Å². The van der Waals surface area contributed by atoms with Gasteiger partial charge in [-0.2, -0.15) is 4.58 Å². The Balaban J connectivity index is 0.00000176. The first-order chi connectivity index (χ1) is 13.0. The molecule has 0 amide bonds. The van der Waals surface area contributed by atoms with Gasteiger partial charge in [0.1, 0.15) is 5.75 Å². The van der Waals surface area contributed by atoms with Crippen molar-refractivity contribution in [3.05, 3.63) is 74.9 Å². The molecule has 0 spiro atoms. The van der Waals surface area contributed by atoms with Crippen LogP contribution in [0.4, 0.5) is 11.4 Å². The number of nitro benzene ring substituents is 1. The van der Waals surface area contributed by atoms with E-state index in [0.29, 0.717) is 17.9 Å². The Labute approximate surface area is 169 Å². The van der Waals surface area contributed by atoms with Crippen molar-refractivity contribution in [3.63, 3.8) is 0 Å². The van der Waals surface area contributed by atoms with Crippen molar-refractivity contribution in [2.24, 2.45) is 0 Å². The van der Waals surface area contributed by atoms with Gasteiger partial charge in [-0.1, -0.05) is 41.9 Å². The van der Waals surface area contributed by atoms with Crippen LogP contribution in [0.3, 0.4) is 0 Å². The van der Waals surface area contributed by atoms with Crippen molar-refractivity contribution < 1.29 is 14.2 Å². The lowest BCUT2D eigenvalue weighted by molar-refractivity contribution is -0.413. The van der Waals surface area contributed by atoms with Crippen molar-refractivity contribution in [3.8, 4) is 5.75 Å². The second-order valence-electron chi connectivity index (χ2n) is 5.50. The van der Waals surface area contributed by atoms with Crippen molar-refractivity contribution >= 4 is 33.0 Å². The van der Waals surface area contributed by atoms with Crippen LogP contribution in [0.2, 0.25) is 0 Å². The summed E-state index contributed by atoms with van der Waals surface area (Å²) in [5, 5.41) is 11.5. The molecule has 0 aliphatic heterocycles. The van der Waals surface area contributed by atoms with Crippen molar-refractivity contribution in [1.29, 1.82) is 0 Å². The minimum Gasteiger partial charge on any atom is -0.496 e. The third-order valence-electron chi connectivity index (χ3n) is 3.72. The zero-order chi connectivity index (χ0) is 20.4. The van der Waals surface area contributed by atoms with Gasteiger partial charge < -0.3 is 4.74 Å². The number of allylic oxidation sites excluding steroid dienone is 1. The fourth-order valence-corrected chi connectivity index (χ4v) is 2.79. The average Bonchev–Trinajstić information content (AvgIpc) is 2.69. The van der Waals surface area contributed by atoms with Crippen LogP contribution in [-0.4, -0.2) is 22.3 Å². The Morgan fingerprint density at radius 1 is 1.15 bits per heavy atom. The highest BCUT2D eigenvalue weighted by atomic mass is 79.9. The van der Waals surface area contributed by atoms with Gasteiger partial charge in [-0.25, -0.2) is 0 Å². The molecule has 0 aliphatic carbocycles. The largest absolute Gasteiger partial charge is 0.496 e. The lowest BCUT2D eigenvalue weighted by atomic mass is 10.1. The Morgan fingerprint density at radius 3 is 2.30 bits per heavy atom. The molecule has 6 heteroatoms. The third kappa shape index (κ3) is 6.32. The number of ether oxygens (including phenoxy) is 1. The van der Waals surface area contributed by atoms with Gasteiger partial charge in [0.05, 0.1) is 24.5 Å². The number of benzene rings is 2. The first-order valence-electron chi connectivity index (χ1n) is 8.77. The van der Waals surface area contributed by atoms with Gasteiger partial charge in [-0.3, -0.25) is 10.1 Å². The smallest absolute Gasteiger partial charge is 0.344 e. The number of hydrogen-bond acceptors (Lipinski definition) is 3. The first kappa shape index (κ1) is 22.6. The Kier molecular flexibility index (Phi) is 9.44. The first-order valence-corrected chi connectivity index (χ1v) is 9.57. The second-order valence-corrected chi connectivity index (χ2v) is 6.42. The summed E-state index contributed by atoms with van der Waals surface area (Å²) in [6.45, 7) is 7.85. The maximum atomic E-state index is 11.5. The van der Waals surface area contributed by atoms with E-state index in [2.05, 4.69) is 15.9 Å². The summed E-state index contributed by atoms with van der Waals surface area (Å²) in [5.41, 5.74) is 2.63. The minimum absolute atomic E-state index is 0.00704. The van der Waals surface area contributed by atoms with E-state index in [1.807, 2.05) is 68.8 Å². The van der Waals surface area contributed by atoms with E-state index in [0.717, 1.165) is 15.7 Å². The van der Waals surface area contributed by atoms with E-state index in [-0.39, 0.29) is 10.6 Å². The normalized spacial score (nSPS) is 11.5. The van der Waals surface area contributed by atoms with Crippen molar-refractivity contribution in [2.75, 3.05) is 7.11 Å². The van der Waals surface area contributed by atoms with Gasteiger partial charge in [0.25, 0.3) is 5.69 Å². The topological polar surface area (TPSA) is 55.4 Å². The van der Waals surface area contributed by atoms with Crippen LogP contribution in [0.15, 0.2) is 59.2 Å². The fraction of sp³-hybridized carbons (Fsp3) is 0.286.